The number of carboxylic acid groups (broad SMARTS) is 2. The van der Waals surface area contributed by atoms with Gasteiger partial charge in [0.1, 0.15) is 0 Å². The average molecular weight is 381 g/mol. The van der Waals surface area contributed by atoms with Crippen LogP contribution < -0.4 is 11.5 Å². The van der Waals surface area contributed by atoms with E-state index in [2.05, 4.69) is 4.99 Å². The third-order valence-electron chi connectivity index (χ3n) is 4.75. The topological polar surface area (TPSA) is 156 Å². The van der Waals surface area contributed by atoms with Gasteiger partial charge < -0.3 is 21.7 Å². The van der Waals surface area contributed by atoms with Gasteiger partial charge in [0, 0.05) is 28.9 Å². The molecule has 0 radical (unpaired) electrons. The van der Waals surface area contributed by atoms with Crippen molar-refractivity contribution in [3.63, 3.8) is 0 Å². The summed E-state index contributed by atoms with van der Waals surface area (Å²) in [6, 6.07) is 4.91. The van der Waals surface area contributed by atoms with Crippen LogP contribution in [0.5, 0.6) is 0 Å². The summed E-state index contributed by atoms with van der Waals surface area (Å²) in [7, 11) is 0. The van der Waals surface area contributed by atoms with Crippen LogP contribution in [0.15, 0.2) is 23.2 Å². The first-order chi connectivity index (χ1) is 13.2. The molecule has 0 heterocycles. The summed E-state index contributed by atoms with van der Waals surface area (Å²) in [5, 5.41) is 19.2. The van der Waals surface area contributed by atoms with E-state index in [9.17, 15) is 24.6 Å². The van der Waals surface area contributed by atoms with Gasteiger partial charge in [-0.15, -0.1) is 0 Å². The van der Waals surface area contributed by atoms with Crippen LogP contribution in [0.25, 0.3) is 0 Å². The second-order valence-electron chi connectivity index (χ2n) is 6.48. The van der Waals surface area contributed by atoms with Crippen LogP contribution in [-0.4, -0.2) is 40.2 Å². The number of nitrogen functional groups attached to an aromatic ring is 2. The summed E-state index contributed by atoms with van der Waals surface area (Å²) < 4.78 is 0. The highest BCUT2D eigenvalue weighted by Gasteiger charge is 2.37. The van der Waals surface area contributed by atoms with Crippen molar-refractivity contribution >= 4 is 34.8 Å². The van der Waals surface area contributed by atoms with Crippen molar-refractivity contribution in [1.29, 1.82) is 0 Å². The SMILES string of the molecule is CCCN=C1c2cccc(N)c2C(=O)c2c(C)c(C(=O)O)c(C(=O)O)c(N)c21. The second-order valence-corrected chi connectivity index (χ2v) is 6.48. The van der Waals surface area contributed by atoms with Crippen molar-refractivity contribution in [2.24, 2.45) is 4.99 Å². The lowest BCUT2D eigenvalue weighted by atomic mass is 9.77. The molecular weight excluding hydrogens is 362 g/mol. The van der Waals surface area contributed by atoms with Crippen molar-refractivity contribution in [1.82, 2.24) is 0 Å². The predicted molar refractivity (Wildman–Crippen MR) is 105 cm³/mol. The first kappa shape index (κ1) is 19.1. The molecule has 2 aromatic rings. The molecule has 3 rings (SSSR count). The number of hydrogen-bond acceptors (Lipinski definition) is 6. The van der Waals surface area contributed by atoms with E-state index < -0.39 is 28.8 Å². The van der Waals surface area contributed by atoms with E-state index in [0.29, 0.717) is 24.2 Å². The minimum absolute atomic E-state index is 0.0252. The maximum atomic E-state index is 13.2. The number of anilines is 2. The van der Waals surface area contributed by atoms with Gasteiger partial charge >= 0.3 is 11.9 Å². The number of carbonyl (C=O) groups is 3. The average Bonchev–Trinajstić information content (AvgIpc) is 2.62. The Morgan fingerprint density at radius 1 is 1.04 bits per heavy atom. The van der Waals surface area contributed by atoms with E-state index in [1.165, 1.54) is 6.92 Å². The van der Waals surface area contributed by atoms with Crippen molar-refractivity contribution in [2.75, 3.05) is 18.0 Å². The highest BCUT2D eigenvalue weighted by Crippen LogP contribution is 2.39. The summed E-state index contributed by atoms with van der Waals surface area (Å²) in [6.07, 6.45) is 0.711. The van der Waals surface area contributed by atoms with Crippen LogP contribution in [0.4, 0.5) is 11.4 Å². The molecule has 28 heavy (non-hydrogen) atoms. The molecule has 1 aliphatic rings. The van der Waals surface area contributed by atoms with Gasteiger partial charge in [-0.2, -0.15) is 0 Å². The number of aromatic carboxylic acids is 2. The van der Waals surface area contributed by atoms with Gasteiger partial charge in [0.25, 0.3) is 0 Å². The number of nitrogens with two attached hydrogens (primary N) is 2. The molecule has 144 valence electrons. The maximum absolute atomic E-state index is 13.2. The van der Waals surface area contributed by atoms with Gasteiger partial charge in [-0.05, 0) is 25.0 Å². The molecule has 2 aromatic carbocycles. The summed E-state index contributed by atoms with van der Waals surface area (Å²) in [4.78, 5) is 41.3. The van der Waals surface area contributed by atoms with E-state index >= 15 is 0 Å². The fourth-order valence-electron chi connectivity index (χ4n) is 3.58. The lowest BCUT2D eigenvalue weighted by Crippen LogP contribution is -2.29. The van der Waals surface area contributed by atoms with Crippen molar-refractivity contribution < 1.29 is 24.6 Å². The Balaban J connectivity index is 2.54. The molecular formula is C20H19N3O5. The van der Waals surface area contributed by atoms with E-state index in [0.717, 1.165) is 0 Å². The number of carbonyl (C=O) groups excluding carboxylic acids is 1. The quantitative estimate of drug-likeness (QED) is 0.505. The van der Waals surface area contributed by atoms with Crippen LogP contribution in [0.1, 0.15) is 66.7 Å². The fraction of sp³-hybridized carbons (Fsp3) is 0.200. The van der Waals surface area contributed by atoms with Crippen molar-refractivity contribution in [2.45, 2.75) is 20.3 Å². The molecule has 0 unspecified atom stereocenters. The number of fused-ring (bicyclic) bond motifs is 2. The Labute approximate surface area is 160 Å². The Morgan fingerprint density at radius 2 is 1.68 bits per heavy atom. The number of hydrogen-bond donors (Lipinski definition) is 4. The summed E-state index contributed by atoms with van der Waals surface area (Å²) in [5.41, 5.74) is 12.3. The minimum atomic E-state index is -1.48. The summed E-state index contributed by atoms with van der Waals surface area (Å²) in [6.45, 7) is 3.73. The van der Waals surface area contributed by atoms with Gasteiger partial charge in [0.15, 0.2) is 5.78 Å². The smallest absolute Gasteiger partial charge is 0.338 e. The molecule has 0 spiro atoms. The molecule has 0 aromatic heterocycles. The van der Waals surface area contributed by atoms with Gasteiger partial charge in [-0.3, -0.25) is 9.79 Å². The molecule has 0 bridgehead atoms. The number of carboxylic acids is 2. The lowest BCUT2D eigenvalue weighted by Gasteiger charge is -2.26. The zero-order valence-corrected chi connectivity index (χ0v) is 15.4. The number of benzene rings is 2. The van der Waals surface area contributed by atoms with Crippen LogP contribution in [-0.2, 0) is 0 Å². The van der Waals surface area contributed by atoms with Crippen LogP contribution in [0, 0.1) is 6.92 Å². The zero-order valence-electron chi connectivity index (χ0n) is 15.4. The van der Waals surface area contributed by atoms with Gasteiger partial charge in [-0.25, -0.2) is 9.59 Å². The Hall–Kier alpha value is -3.68. The largest absolute Gasteiger partial charge is 0.478 e. The molecule has 0 atom stereocenters. The molecule has 6 N–H and O–H groups in total. The minimum Gasteiger partial charge on any atom is -0.478 e. The molecule has 0 aliphatic heterocycles. The molecule has 8 heteroatoms. The number of aliphatic imine (C=N–C) groups is 1. The summed E-state index contributed by atoms with van der Waals surface area (Å²) in [5.74, 6) is -3.46. The van der Waals surface area contributed by atoms with E-state index in [4.69, 9.17) is 11.5 Å². The molecule has 0 saturated heterocycles. The van der Waals surface area contributed by atoms with Gasteiger partial charge in [0.05, 0.1) is 28.1 Å². The highest BCUT2D eigenvalue weighted by molar-refractivity contribution is 6.35. The maximum Gasteiger partial charge on any atom is 0.338 e. The normalized spacial score (nSPS) is 13.9. The monoisotopic (exact) mass is 381 g/mol. The molecule has 0 fully saturated rings. The fourth-order valence-corrected chi connectivity index (χ4v) is 3.58. The third-order valence-corrected chi connectivity index (χ3v) is 4.75. The Bertz CT molecular complexity index is 1090. The van der Waals surface area contributed by atoms with Crippen molar-refractivity contribution in [3.05, 3.63) is 57.1 Å². The lowest BCUT2D eigenvalue weighted by molar-refractivity contribution is 0.0651. The number of ketones is 1. The number of nitrogens with zero attached hydrogens (tertiary/aromatic N) is 1. The van der Waals surface area contributed by atoms with Gasteiger partial charge in [0.2, 0.25) is 0 Å². The highest BCUT2D eigenvalue weighted by atomic mass is 16.4. The standard InChI is InChI=1S/C20H19N3O5/c1-3-7-23-17-9-5-4-6-10(21)13(9)18(24)11-8(2)12(19(25)26)15(20(27)28)16(22)14(11)17/h4-6H,3,7,21-22H2,1-2H3,(H,25,26)(H,27,28). The first-order valence-electron chi connectivity index (χ1n) is 8.63. The summed E-state index contributed by atoms with van der Waals surface area (Å²) >= 11 is 0. The zero-order chi connectivity index (χ0) is 20.7. The first-order valence-corrected chi connectivity index (χ1v) is 8.63. The molecule has 0 saturated carbocycles. The molecule has 0 amide bonds. The van der Waals surface area contributed by atoms with E-state index in [1.54, 1.807) is 18.2 Å². The Kier molecular flexibility index (Phi) is 4.64. The molecule has 8 nitrogen and oxygen atoms in total. The van der Waals surface area contributed by atoms with Crippen LogP contribution in [0.3, 0.4) is 0 Å². The second kappa shape index (κ2) is 6.80. The van der Waals surface area contributed by atoms with E-state index in [1.807, 2.05) is 6.92 Å². The van der Waals surface area contributed by atoms with Crippen LogP contribution in [0.2, 0.25) is 0 Å². The van der Waals surface area contributed by atoms with E-state index in [-0.39, 0.29) is 33.6 Å². The van der Waals surface area contributed by atoms with Crippen molar-refractivity contribution in [3.8, 4) is 0 Å². The molecule has 1 aliphatic carbocycles. The number of rotatable bonds is 4. The third kappa shape index (κ3) is 2.61. The predicted octanol–water partition coefficient (Wildman–Crippen LogP) is 2.35. The Morgan fingerprint density at radius 3 is 2.25 bits per heavy atom. The van der Waals surface area contributed by atoms with Crippen LogP contribution >= 0.6 is 0 Å². The van der Waals surface area contributed by atoms with Gasteiger partial charge in [-0.1, -0.05) is 19.1 Å².